The number of ether oxygens (including phenoxy) is 1. The van der Waals surface area contributed by atoms with E-state index in [4.69, 9.17) is 4.74 Å². The predicted octanol–water partition coefficient (Wildman–Crippen LogP) is 3.81. The van der Waals surface area contributed by atoms with E-state index in [0.29, 0.717) is 28.8 Å². The largest absolute Gasteiger partial charge is 0.497 e. The molecule has 1 atom stereocenters. The van der Waals surface area contributed by atoms with E-state index in [1.54, 1.807) is 48.4 Å². The lowest BCUT2D eigenvalue weighted by atomic mass is 10.2. The molecule has 1 fully saturated rings. The molecule has 0 aliphatic carbocycles. The van der Waals surface area contributed by atoms with E-state index in [1.165, 1.54) is 23.9 Å². The monoisotopic (exact) mass is 401 g/mol. The Morgan fingerprint density at radius 1 is 1.21 bits per heavy atom. The van der Waals surface area contributed by atoms with Crippen molar-refractivity contribution in [2.24, 2.45) is 4.99 Å². The van der Waals surface area contributed by atoms with Crippen LogP contribution in [0.4, 0.5) is 15.8 Å². The van der Waals surface area contributed by atoms with Gasteiger partial charge in [0.1, 0.15) is 16.8 Å². The number of hydrogen-bond donors (Lipinski definition) is 1. The molecule has 0 saturated carbocycles. The number of halogens is 1. The van der Waals surface area contributed by atoms with Gasteiger partial charge in [0.25, 0.3) is 0 Å². The standard InChI is InChI=1S/C20H20FN3O3S/c1-3-24-19(26)17(28-20(24)23-15-6-4-13(21)5-7-15)12-18(25)22-14-8-10-16(27-2)11-9-14/h4-11,17H,3,12H2,1-2H3,(H,22,25)/t17-/m1/s1. The van der Waals surface area contributed by atoms with Gasteiger partial charge in [0, 0.05) is 18.7 Å². The predicted molar refractivity (Wildman–Crippen MR) is 109 cm³/mol. The van der Waals surface area contributed by atoms with Crippen LogP contribution in [-0.2, 0) is 9.59 Å². The number of benzene rings is 2. The van der Waals surface area contributed by atoms with Gasteiger partial charge in [0.15, 0.2) is 5.17 Å². The molecule has 1 aliphatic rings. The van der Waals surface area contributed by atoms with E-state index in [1.807, 2.05) is 6.92 Å². The molecule has 1 heterocycles. The van der Waals surface area contributed by atoms with Gasteiger partial charge in [0.05, 0.1) is 12.8 Å². The summed E-state index contributed by atoms with van der Waals surface area (Å²) in [7, 11) is 1.57. The maximum atomic E-state index is 13.1. The molecule has 6 nitrogen and oxygen atoms in total. The van der Waals surface area contributed by atoms with Crippen molar-refractivity contribution in [3.63, 3.8) is 0 Å². The summed E-state index contributed by atoms with van der Waals surface area (Å²) >= 11 is 1.25. The van der Waals surface area contributed by atoms with Gasteiger partial charge in [-0.1, -0.05) is 11.8 Å². The maximum absolute atomic E-state index is 13.1. The lowest BCUT2D eigenvalue weighted by Gasteiger charge is -2.13. The molecule has 0 radical (unpaired) electrons. The Bertz CT molecular complexity index is 885. The highest BCUT2D eigenvalue weighted by Gasteiger charge is 2.38. The van der Waals surface area contributed by atoms with Crippen molar-refractivity contribution in [3.8, 4) is 5.75 Å². The van der Waals surface area contributed by atoms with Gasteiger partial charge in [-0.2, -0.15) is 0 Å². The van der Waals surface area contributed by atoms with Crippen LogP contribution in [0.2, 0.25) is 0 Å². The minimum absolute atomic E-state index is 0.0362. The van der Waals surface area contributed by atoms with Crippen molar-refractivity contribution in [1.82, 2.24) is 4.90 Å². The smallest absolute Gasteiger partial charge is 0.242 e. The van der Waals surface area contributed by atoms with Crippen LogP contribution in [0, 0.1) is 5.82 Å². The van der Waals surface area contributed by atoms with E-state index in [0.717, 1.165) is 0 Å². The Morgan fingerprint density at radius 3 is 2.50 bits per heavy atom. The number of hydrogen-bond acceptors (Lipinski definition) is 5. The number of nitrogens with zero attached hydrogens (tertiary/aromatic N) is 2. The van der Waals surface area contributed by atoms with E-state index < -0.39 is 5.25 Å². The van der Waals surface area contributed by atoms with Gasteiger partial charge in [0.2, 0.25) is 11.8 Å². The first-order chi connectivity index (χ1) is 13.5. The number of thioether (sulfide) groups is 1. The van der Waals surface area contributed by atoms with Gasteiger partial charge in [-0.15, -0.1) is 0 Å². The average Bonchev–Trinajstić information content (AvgIpc) is 2.98. The van der Waals surface area contributed by atoms with Crippen LogP contribution in [0.1, 0.15) is 13.3 Å². The van der Waals surface area contributed by atoms with E-state index in [9.17, 15) is 14.0 Å². The number of carbonyl (C=O) groups is 2. The third kappa shape index (κ3) is 4.69. The fraction of sp³-hybridized carbons (Fsp3) is 0.250. The Balaban J connectivity index is 1.67. The minimum atomic E-state index is -0.544. The van der Waals surface area contributed by atoms with Gasteiger partial charge in [-0.05, 0) is 55.5 Å². The first-order valence-corrected chi connectivity index (χ1v) is 9.64. The molecule has 1 saturated heterocycles. The summed E-state index contributed by atoms with van der Waals surface area (Å²) < 4.78 is 18.1. The quantitative estimate of drug-likeness (QED) is 0.799. The zero-order valence-electron chi connectivity index (χ0n) is 15.5. The maximum Gasteiger partial charge on any atom is 0.242 e. The Kier molecular flexibility index (Phi) is 6.30. The Labute approximate surface area is 166 Å². The molecule has 2 amide bonds. The molecular formula is C20H20FN3O3S. The molecule has 1 aliphatic heterocycles. The van der Waals surface area contributed by atoms with Gasteiger partial charge in [-0.25, -0.2) is 9.38 Å². The highest BCUT2D eigenvalue weighted by atomic mass is 32.2. The third-order valence-electron chi connectivity index (χ3n) is 4.13. The van der Waals surface area contributed by atoms with E-state index >= 15 is 0 Å². The molecule has 0 aromatic heterocycles. The number of methoxy groups -OCH3 is 1. The summed E-state index contributed by atoms with van der Waals surface area (Å²) in [5.74, 6) is -0.0624. The molecule has 3 rings (SSSR count). The van der Waals surface area contributed by atoms with E-state index in [-0.39, 0.29) is 24.1 Å². The number of aliphatic imine (C=N–C) groups is 1. The third-order valence-corrected chi connectivity index (χ3v) is 5.31. The van der Waals surface area contributed by atoms with Crippen molar-refractivity contribution < 1.29 is 18.7 Å². The van der Waals surface area contributed by atoms with Crippen molar-refractivity contribution in [1.29, 1.82) is 0 Å². The highest BCUT2D eigenvalue weighted by molar-refractivity contribution is 8.15. The van der Waals surface area contributed by atoms with Crippen LogP contribution in [0.5, 0.6) is 5.75 Å². The SMILES string of the molecule is CCN1C(=O)[C@@H](CC(=O)Nc2ccc(OC)cc2)SC1=Nc1ccc(F)cc1. The second-order valence-corrected chi connectivity index (χ2v) is 7.21. The zero-order valence-corrected chi connectivity index (χ0v) is 16.3. The van der Waals surface area contributed by atoms with Crippen LogP contribution in [0.3, 0.4) is 0 Å². The average molecular weight is 401 g/mol. The zero-order chi connectivity index (χ0) is 20.1. The van der Waals surface area contributed by atoms with Crippen molar-refractivity contribution in [2.45, 2.75) is 18.6 Å². The van der Waals surface area contributed by atoms with Crippen molar-refractivity contribution in [3.05, 3.63) is 54.3 Å². The summed E-state index contributed by atoms with van der Waals surface area (Å²) in [6.07, 6.45) is 0.0362. The van der Waals surface area contributed by atoms with Crippen LogP contribution in [0.15, 0.2) is 53.5 Å². The Hall–Kier alpha value is -2.87. The van der Waals surface area contributed by atoms with Crippen LogP contribution in [0.25, 0.3) is 0 Å². The first kappa shape index (κ1) is 19.9. The first-order valence-electron chi connectivity index (χ1n) is 8.76. The molecule has 2 aromatic rings. The molecule has 2 aromatic carbocycles. The number of carbonyl (C=O) groups excluding carboxylic acids is 2. The Morgan fingerprint density at radius 2 is 1.89 bits per heavy atom. The lowest BCUT2D eigenvalue weighted by Crippen LogP contribution is -2.33. The summed E-state index contributed by atoms with van der Waals surface area (Å²) in [6, 6.07) is 12.7. The molecule has 0 unspecified atom stereocenters. The summed E-state index contributed by atoms with van der Waals surface area (Å²) in [6.45, 7) is 2.29. The topological polar surface area (TPSA) is 71.0 Å². The summed E-state index contributed by atoms with van der Waals surface area (Å²) in [4.78, 5) is 31.0. The molecule has 0 spiro atoms. The van der Waals surface area contributed by atoms with Gasteiger partial charge >= 0.3 is 0 Å². The fourth-order valence-electron chi connectivity index (χ4n) is 2.70. The molecule has 146 valence electrons. The summed E-state index contributed by atoms with van der Waals surface area (Å²) in [5, 5.41) is 2.76. The number of anilines is 1. The second kappa shape index (κ2) is 8.88. The van der Waals surface area contributed by atoms with Crippen molar-refractivity contribution in [2.75, 3.05) is 19.0 Å². The normalized spacial score (nSPS) is 17.8. The fourth-order valence-corrected chi connectivity index (χ4v) is 3.92. The lowest BCUT2D eigenvalue weighted by molar-refractivity contribution is -0.128. The minimum Gasteiger partial charge on any atom is -0.497 e. The second-order valence-electron chi connectivity index (χ2n) is 6.04. The van der Waals surface area contributed by atoms with Crippen LogP contribution >= 0.6 is 11.8 Å². The molecule has 1 N–H and O–H groups in total. The van der Waals surface area contributed by atoms with Gasteiger partial charge < -0.3 is 10.1 Å². The summed E-state index contributed by atoms with van der Waals surface area (Å²) in [5.41, 5.74) is 1.19. The molecule has 28 heavy (non-hydrogen) atoms. The molecular weight excluding hydrogens is 381 g/mol. The van der Waals surface area contributed by atoms with E-state index in [2.05, 4.69) is 10.3 Å². The van der Waals surface area contributed by atoms with Gasteiger partial charge in [-0.3, -0.25) is 14.5 Å². The number of nitrogens with one attached hydrogen (secondary N) is 1. The van der Waals surface area contributed by atoms with Crippen LogP contribution < -0.4 is 10.1 Å². The number of amidine groups is 1. The number of amides is 2. The van der Waals surface area contributed by atoms with Crippen molar-refractivity contribution >= 4 is 40.1 Å². The molecule has 8 heteroatoms. The number of rotatable bonds is 6. The van der Waals surface area contributed by atoms with Crippen LogP contribution in [-0.4, -0.2) is 40.8 Å². The highest BCUT2D eigenvalue weighted by Crippen LogP contribution is 2.31. The molecule has 0 bridgehead atoms.